The lowest BCUT2D eigenvalue weighted by atomic mass is 9.60. The first-order chi connectivity index (χ1) is 31.8. The van der Waals surface area contributed by atoms with Crippen molar-refractivity contribution >= 4 is 16.6 Å². The molecular weight excluding hydrogens is 901 g/mol. The van der Waals surface area contributed by atoms with Gasteiger partial charge < -0.3 is 19.1 Å². The third kappa shape index (κ3) is 11.1. The lowest BCUT2D eigenvalue weighted by Gasteiger charge is -2.44. The fourth-order valence-corrected chi connectivity index (χ4v) is 19.3. The van der Waals surface area contributed by atoms with E-state index in [0.29, 0.717) is 70.2 Å². The second kappa shape index (κ2) is 21.6. The van der Waals surface area contributed by atoms with E-state index in [0.717, 1.165) is 30.1 Å². The number of hydrogen-bond acceptors (Lipinski definition) is 4. The Morgan fingerprint density at radius 1 is 0.690 bits per heavy atom. The molecule has 6 heteroatoms. The zero-order chi connectivity index (χ0) is 51.2. The van der Waals surface area contributed by atoms with E-state index >= 15 is 0 Å². The Bertz CT molecular complexity index is 1930. The molecule has 0 heterocycles. The van der Waals surface area contributed by atoms with E-state index in [4.69, 9.17) is 15.4 Å². The Morgan fingerprint density at radius 3 is 1.72 bits per heavy atom. The van der Waals surface area contributed by atoms with Crippen LogP contribution < -0.4 is 0 Å². The summed E-state index contributed by atoms with van der Waals surface area (Å²) in [7, 11) is -3.66. The maximum Gasteiger partial charge on any atom is 0.192 e. The van der Waals surface area contributed by atoms with Gasteiger partial charge in [-0.25, -0.2) is 0 Å². The van der Waals surface area contributed by atoms with Gasteiger partial charge in [-0.3, -0.25) is 0 Å². The Morgan fingerprint density at radius 2 is 1.20 bits per heavy atom. The highest BCUT2D eigenvalue weighted by atomic mass is 28.4. The van der Waals surface area contributed by atoms with Gasteiger partial charge in [-0.1, -0.05) is 161 Å². The number of rotatable bonds is 14. The number of fused-ring (bicyclic) bond motifs is 4. The maximum absolute atomic E-state index is 11.5. The summed E-state index contributed by atoms with van der Waals surface area (Å²) in [6.07, 6.45) is 28.4. The SMILES string of the molecule is C.C.C=C1[C@@H](O[Si](C)(C)C(C)(C)C)CC2C[C@]12[C@H](C)/C=C1\CCC[C@]2(C)[C@@H]([C@H](C)/C=C/[C@H](C)C(C)C)CC[C@@H]12.C[C@H](CO)[C@H]1CC[C@H]2/C(=C/[C@@H](C)[C@]34CC3C[C@H](O[Si](C)(C)C(C)(C)C)C4O)CCC[C@]12C. The second-order valence-electron chi connectivity index (χ2n) is 29.9. The van der Waals surface area contributed by atoms with Crippen LogP contribution in [-0.2, 0) is 8.85 Å². The van der Waals surface area contributed by atoms with Gasteiger partial charge >= 0.3 is 0 Å². The van der Waals surface area contributed by atoms with Crippen molar-refractivity contribution in [3.05, 3.63) is 47.6 Å². The van der Waals surface area contributed by atoms with Gasteiger partial charge in [0.15, 0.2) is 16.6 Å². The fraction of sp³-hybridized carbons (Fsp3) is 0.877. The number of aliphatic hydroxyl groups is 2. The molecule has 0 amide bonds. The highest BCUT2D eigenvalue weighted by Crippen LogP contribution is 2.72. The molecule has 8 rings (SSSR count). The molecule has 3 unspecified atom stereocenters. The van der Waals surface area contributed by atoms with Crippen molar-refractivity contribution in [3.63, 3.8) is 0 Å². The van der Waals surface area contributed by atoms with E-state index < -0.39 is 16.6 Å². The Labute approximate surface area is 443 Å². The predicted molar refractivity (Wildman–Crippen MR) is 312 cm³/mol. The molecular formula is C65H118O4Si2. The quantitative estimate of drug-likeness (QED) is 0.134. The number of hydrogen-bond donors (Lipinski definition) is 2. The zero-order valence-electron chi connectivity index (χ0n) is 48.5. The molecule has 4 nitrogen and oxygen atoms in total. The number of aliphatic hydroxyl groups excluding tert-OH is 2. The van der Waals surface area contributed by atoms with Crippen LogP contribution in [0.5, 0.6) is 0 Å². The van der Waals surface area contributed by atoms with E-state index in [1.807, 2.05) is 0 Å². The summed E-state index contributed by atoms with van der Waals surface area (Å²) in [5.41, 5.74) is 6.08. The molecule has 8 aliphatic carbocycles. The smallest absolute Gasteiger partial charge is 0.192 e. The molecule has 0 aromatic heterocycles. The van der Waals surface area contributed by atoms with Crippen molar-refractivity contribution in [2.24, 2.45) is 92.7 Å². The van der Waals surface area contributed by atoms with Gasteiger partial charge in [0, 0.05) is 17.4 Å². The van der Waals surface area contributed by atoms with Gasteiger partial charge in [-0.05, 0) is 214 Å². The van der Waals surface area contributed by atoms with E-state index in [2.05, 4.69) is 154 Å². The average Bonchev–Trinajstić information content (AvgIpc) is 3.99. The van der Waals surface area contributed by atoms with Crippen LogP contribution in [0.4, 0.5) is 0 Å². The van der Waals surface area contributed by atoms with Crippen LogP contribution >= 0.6 is 0 Å². The van der Waals surface area contributed by atoms with Crippen LogP contribution in [0.2, 0.25) is 36.3 Å². The number of allylic oxidation sites excluding steroid dienone is 6. The molecule has 8 saturated carbocycles. The summed E-state index contributed by atoms with van der Waals surface area (Å²) < 4.78 is 13.7. The summed E-state index contributed by atoms with van der Waals surface area (Å²) in [5.74, 6) is 7.83. The van der Waals surface area contributed by atoms with E-state index in [1.54, 1.807) is 11.1 Å². The topological polar surface area (TPSA) is 58.9 Å². The lowest BCUT2D eigenvalue weighted by Crippen LogP contribution is -2.47. The third-order valence-corrected chi connectivity index (χ3v) is 32.8. The van der Waals surface area contributed by atoms with Crippen LogP contribution in [-0.4, -0.2) is 51.8 Å². The molecule has 8 fully saturated rings. The van der Waals surface area contributed by atoms with Crippen LogP contribution in [0.3, 0.4) is 0 Å². The van der Waals surface area contributed by atoms with Crippen molar-refractivity contribution < 1.29 is 19.1 Å². The minimum Gasteiger partial charge on any atom is -0.411 e. The molecule has 0 aromatic rings. The molecule has 71 heavy (non-hydrogen) atoms. The van der Waals surface area contributed by atoms with E-state index in [-0.39, 0.29) is 48.7 Å². The van der Waals surface area contributed by atoms with Crippen molar-refractivity contribution in [1.29, 1.82) is 0 Å². The molecule has 0 aliphatic heterocycles. The first kappa shape index (κ1) is 61.1. The second-order valence-corrected chi connectivity index (χ2v) is 39.5. The largest absolute Gasteiger partial charge is 0.411 e. The van der Waals surface area contributed by atoms with Crippen molar-refractivity contribution in [1.82, 2.24) is 0 Å². The molecule has 0 spiro atoms. The summed E-state index contributed by atoms with van der Waals surface area (Å²) in [6.45, 7) is 50.3. The van der Waals surface area contributed by atoms with Crippen LogP contribution in [0, 0.1) is 92.7 Å². The third-order valence-electron chi connectivity index (χ3n) is 23.8. The first-order valence-electron chi connectivity index (χ1n) is 29.3. The summed E-state index contributed by atoms with van der Waals surface area (Å²) in [4.78, 5) is 0. The van der Waals surface area contributed by atoms with Crippen LogP contribution in [0.1, 0.15) is 209 Å². The van der Waals surface area contributed by atoms with Crippen molar-refractivity contribution in [3.8, 4) is 0 Å². The summed E-state index contributed by atoms with van der Waals surface area (Å²) >= 11 is 0. The standard InChI is InChI=1S/C35H60OSi.C28H50O3Si.2CH4/c1-23(2)24(3)15-16-25(4)30-17-18-31-28(14-13-19-34(30,31)10)20-26(5)35-22-29(35)21-32(27(35)6)36-37(11,12)33(7,8)9;1-18(17-29)22-11-12-23-20(10-9-13-27(22,23)6)14-19(2)28-16-21(28)15-24(25(28)30)31-32(7,8)26(3,4)5;;/h15-16,20,23-26,29-32H,6,13-14,17-19,21-22H2,1-5,7-12H3;14,18-19,21-25,29-30H,9-13,15-17H2,1-8H3;2*1H4/b16-15+,28-20+;20-14+;;/t24-,25+,26+,29?,30+,31-,32-,34+,35-;18-,19-,21?,22-,23+,24+,25?,27-,28-;;/m01../s1. The Balaban J connectivity index is 0.000000259. The first-order valence-corrected chi connectivity index (χ1v) is 35.1. The maximum atomic E-state index is 11.5. The van der Waals surface area contributed by atoms with Crippen molar-refractivity contribution in [2.75, 3.05) is 6.61 Å². The molecule has 18 atom stereocenters. The van der Waals surface area contributed by atoms with Gasteiger partial charge in [0.25, 0.3) is 0 Å². The minimum absolute atomic E-state index is 0. The molecule has 0 bridgehead atoms. The Kier molecular flexibility index (Phi) is 18.6. The molecule has 0 aromatic carbocycles. The van der Waals surface area contributed by atoms with E-state index in [1.165, 1.54) is 89.0 Å². The molecule has 0 radical (unpaired) electrons. The van der Waals surface area contributed by atoms with Gasteiger partial charge in [-0.2, -0.15) is 0 Å². The van der Waals surface area contributed by atoms with Crippen LogP contribution in [0.25, 0.3) is 0 Å². The minimum atomic E-state index is -1.88. The highest BCUT2D eigenvalue weighted by molar-refractivity contribution is 6.74. The lowest BCUT2D eigenvalue weighted by molar-refractivity contribution is -0.00616. The average molecular weight is 1020 g/mol. The monoisotopic (exact) mass is 1020 g/mol. The normalized spacial score (nSPS) is 41.0. The highest BCUT2D eigenvalue weighted by Gasteiger charge is 2.69. The molecule has 410 valence electrons. The summed E-state index contributed by atoms with van der Waals surface area (Å²) in [6, 6.07) is 0. The van der Waals surface area contributed by atoms with Gasteiger partial charge in [0.05, 0.1) is 18.3 Å². The zero-order valence-corrected chi connectivity index (χ0v) is 50.5. The fourth-order valence-electron chi connectivity index (χ4n) is 16.7. The Hall–Kier alpha value is -0.766. The van der Waals surface area contributed by atoms with E-state index in [9.17, 15) is 10.2 Å². The van der Waals surface area contributed by atoms with Crippen molar-refractivity contribution in [2.45, 2.75) is 263 Å². The molecule has 0 saturated heterocycles. The summed E-state index contributed by atoms with van der Waals surface area (Å²) in [5, 5.41) is 21.8. The predicted octanol–water partition coefficient (Wildman–Crippen LogP) is 18.4. The van der Waals surface area contributed by atoms with Gasteiger partial charge in [0.1, 0.15) is 0 Å². The van der Waals surface area contributed by atoms with Gasteiger partial charge in [-0.15, -0.1) is 0 Å². The van der Waals surface area contributed by atoms with Crippen LogP contribution in [0.15, 0.2) is 47.6 Å². The van der Waals surface area contributed by atoms with Gasteiger partial charge in [0.2, 0.25) is 0 Å². The molecule has 8 aliphatic rings. The molecule has 2 N–H and O–H groups in total.